The van der Waals surface area contributed by atoms with Crippen LogP contribution < -0.4 is 5.32 Å². The number of benzene rings is 2. The molecule has 3 N–H and O–H groups in total. The van der Waals surface area contributed by atoms with Gasteiger partial charge >= 0.3 is 0 Å². The number of hydrogen-bond acceptors (Lipinski definition) is 3. The van der Waals surface area contributed by atoms with Crippen LogP contribution in [0.25, 0.3) is 21.8 Å². The fourth-order valence-corrected chi connectivity index (χ4v) is 3.82. The fourth-order valence-electron chi connectivity index (χ4n) is 3.47. The second-order valence-electron chi connectivity index (χ2n) is 6.04. The van der Waals surface area contributed by atoms with Crippen molar-refractivity contribution in [3.05, 3.63) is 46.4 Å². The molecular weight excluding hydrogens is 335 g/mol. The highest BCUT2D eigenvalue weighted by atomic mass is 35.5. The third-order valence-corrected chi connectivity index (χ3v) is 5.05. The highest BCUT2D eigenvalue weighted by Gasteiger charge is 2.39. The van der Waals surface area contributed by atoms with Crippen LogP contribution in [-0.4, -0.2) is 33.7 Å². The van der Waals surface area contributed by atoms with E-state index in [-0.39, 0.29) is 6.42 Å². The molecule has 0 spiro atoms. The van der Waals surface area contributed by atoms with E-state index in [1.807, 2.05) is 41.0 Å². The smallest absolute Gasteiger partial charge is 0.186 e. The van der Waals surface area contributed by atoms with Gasteiger partial charge < -0.3 is 20.1 Å². The molecule has 1 aromatic heterocycles. The van der Waals surface area contributed by atoms with Gasteiger partial charge in [0.2, 0.25) is 0 Å². The van der Waals surface area contributed by atoms with Crippen LogP contribution in [0.1, 0.15) is 12.5 Å². The van der Waals surface area contributed by atoms with Crippen molar-refractivity contribution in [2.45, 2.75) is 18.2 Å². The first kappa shape index (κ1) is 15.2. The lowest BCUT2D eigenvalue weighted by Crippen LogP contribution is -2.50. The molecule has 4 nitrogen and oxygen atoms in total. The van der Waals surface area contributed by atoms with Crippen LogP contribution in [0.15, 0.2) is 36.4 Å². The van der Waals surface area contributed by atoms with E-state index in [0.717, 1.165) is 21.8 Å². The number of aliphatic hydroxyl groups is 2. The molecular formula is C17H16Cl2N2O2. The average molecular weight is 351 g/mol. The minimum atomic E-state index is -1.76. The Labute approximate surface area is 143 Å². The molecule has 4 rings (SSSR count). The maximum Gasteiger partial charge on any atom is 0.186 e. The van der Waals surface area contributed by atoms with Crippen LogP contribution in [0.2, 0.25) is 10.0 Å². The molecule has 0 radical (unpaired) electrons. The topological polar surface area (TPSA) is 57.4 Å². The standard InChI is InChI=1S/C17H16Cl2N2O2/c18-10-1-3-14-12(7-10)13-8-11(19)2-4-15(13)21(14)16-9-20-6-5-17(16,22)23/h1-4,7-8,16,20,22-23H,5-6,9H2/t16-/m0/s1. The van der Waals surface area contributed by atoms with Crippen molar-refractivity contribution in [3.8, 4) is 0 Å². The zero-order valence-electron chi connectivity index (χ0n) is 12.3. The summed E-state index contributed by atoms with van der Waals surface area (Å²) in [5.74, 6) is -1.76. The minimum absolute atomic E-state index is 0.278. The molecule has 0 unspecified atom stereocenters. The maximum absolute atomic E-state index is 10.5. The molecule has 0 amide bonds. The molecule has 1 atom stereocenters. The van der Waals surface area contributed by atoms with Crippen molar-refractivity contribution in [1.82, 2.24) is 9.88 Å². The Morgan fingerprint density at radius 3 is 2.09 bits per heavy atom. The third kappa shape index (κ3) is 2.42. The Hall–Kier alpha value is -1.30. The largest absolute Gasteiger partial charge is 0.364 e. The van der Waals surface area contributed by atoms with E-state index >= 15 is 0 Å². The average Bonchev–Trinajstić information content (AvgIpc) is 2.80. The Balaban J connectivity index is 2.08. The van der Waals surface area contributed by atoms with Crippen LogP contribution in [0, 0.1) is 0 Å². The van der Waals surface area contributed by atoms with Crippen molar-refractivity contribution < 1.29 is 10.2 Å². The van der Waals surface area contributed by atoms with Gasteiger partial charge in [0, 0.05) is 51.4 Å². The molecule has 2 heterocycles. The first-order valence-corrected chi connectivity index (χ1v) is 8.27. The molecule has 120 valence electrons. The predicted molar refractivity (Wildman–Crippen MR) is 93.2 cm³/mol. The molecule has 1 aliphatic heterocycles. The lowest BCUT2D eigenvalue weighted by molar-refractivity contribution is -0.203. The van der Waals surface area contributed by atoms with Gasteiger partial charge in [-0.25, -0.2) is 0 Å². The SMILES string of the molecule is OC1(O)CCNC[C@@H]1n1c2ccc(Cl)cc2c2cc(Cl)ccc21. The first-order valence-electron chi connectivity index (χ1n) is 7.51. The normalized spacial score (nSPS) is 21.1. The second kappa shape index (κ2) is 5.36. The van der Waals surface area contributed by atoms with Gasteiger partial charge in [0.25, 0.3) is 0 Å². The van der Waals surface area contributed by atoms with E-state index in [0.29, 0.717) is 23.1 Å². The van der Waals surface area contributed by atoms with E-state index in [9.17, 15) is 10.2 Å². The summed E-state index contributed by atoms with van der Waals surface area (Å²) in [5, 5.41) is 27.4. The summed E-state index contributed by atoms with van der Waals surface area (Å²) in [7, 11) is 0. The monoisotopic (exact) mass is 350 g/mol. The number of fused-ring (bicyclic) bond motifs is 3. The summed E-state index contributed by atoms with van der Waals surface area (Å²) in [6, 6.07) is 10.7. The zero-order valence-corrected chi connectivity index (χ0v) is 13.8. The number of hydrogen-bond donors (Lipinski definition) is 3. The number of piperidine rings is 1. The van der Waals surface area contributed by atoms with Crippen molar-refractivity contribution in [2.75, 3.05) is 13.1 Å². The number of nitrogens with zero attached hydrogens (tertiary/aromatic N) is 1. The van der Waals surface area contributed by atoms with Gasteiger partial charge in [0.05, 0.1) is 0 Å². The zero-order chi connectivity index (χ0) is 16.2. The lowest BCUT2D eigenvalue weighted by atomic mass is 9.99. The molecule has 6 heteroatoms. The van der Waals surface area contributed by atoms with Gasteiger partial charge in [0.15, 0.2) is 5.79 Å². The molecule has 1 fully saturated rings. The fraction of sp³-hybridized carbons (Fsp3) is 0.294. The van der Waals surface area contributed by atoms with Gasteiger partial charge in [-0.05, 0) is 36.4 Å². The van der Waals surface area contributed by atoms with Crippen molar-refractivity contribution in [3.63, 3.8) is 0 Å². The summed E-state index contributed by atoms with van der Waals surface area (Å²) >= 11 is 12.3. The van der Waals surface area contributed by atoms with E-state index in [4.69, 9.17) is 23.2 Å². The Bertz CT molecular complexity index is 845. The molecule has 2 aromatic carbocycles. The molecule has 1 aliphatic rings. The minimum Gasteiger partial charge on any atom is -0.364 e. The van der Waals surface area contributed by atoms with Gasteiger partial charge in [-0.1, -0.05) is 23.2 Å². The Morgan fingerprint density at radius 1 is 1.00 bits per heavy atom. The second-order valence-corrected chi connectivity index (χ2v) is 6.91. The van der Waals surface area contributed by atoms with Gasteiger partial charge in [-0.2, -0.15) is 0 Å². The Morgan fingerprint density at radius 2 is 1.57 bits per heavy atom. The van der Waals surface area contributed by atoms with Gasteiger partial charge in [0.1, 0.15) is 6.04 Å². The maximum atomic E-state index is 10.5. The predicted octanol–water partition coefficient (Wildman–Crippen LogP) is 3.32. The van der Waals surface area contributed by atoms with Crippen LogP contribution in [0.3, 0.4) is 0 Å². The lowest BCUT2D eigenvalue weighted by Gasteiger charge is -2.37. The first-order chi connectivity index (χ1) is 11.0. The van der Waals surface area contributed by atoms with E-state index in [1.54, 1.807) is 0 Å². The summed E-state index contributed by atoms with van der Waals surface area (Å²) in [4.78, 5) is 0. The number of nitrogens with one attached hydrogen (secondary N) is 1. The van der Waals surface area contributed by atoms with E-state index in [1.165, 1.54) is 0 Å². The van der Waals surface area contributed by atoms with Crippen LogP contribution in [-0.2, 0) is 0 Å². The van der Waals surface area contributed by atoms with Crippen molar-refractivity contribution in [1.29, 1.82) is 0 Å². The van der Waals surface area contributed by atoms with E-state index in [2.05, 4.69) is 5.32 Å². The summed E-state index contributed by atoms with van der Waals surface area (Å²) in [5.41, 5.74) is 1.82. The van der Waals surface area contributed by atoms with Crippen LogP contribution in [0.5, 0.6) is 0 Å². The Kier molecular flexibility index (Phi) is 3.55. The molecule has 1 saturated heterocycles. The van der Waals surface area contributed by atoms with Gasteiger partial charge in [-0.15, -0.1) is 0 Å². The van der Waals surface area contributed by atoms with Crippen LogP contribution >= 0.6 is 23.2 Å². The molecule has 0 saturated carbocycles. The number of aromatic nitrogens is 1. The van der Waals surface area contributed by atoms with Crippen LogP contribution in [0.4, 0.5) is 0 Å². The molecule has 3 aromatic rings. The quantitative estimate of drug-likeness (QED) is 0.590. The summed E-state index contributed by atoms with van der Waals surface area (Å²) < 4.78 is 1.98. The summed E-state index contributed by atoms with van der Waals surface area (Å²) in [6.07, 6.45) is 0.278. The highest BCUT2D eigenvalue weighted by Crippen LogP contribution is 2.38. The van der Waals surface area contributed by atoms with Crippen molar-refractivity contribution in [2.24, 2.45) is 0 Å². The van der Waals surface area contributed by atoms with Gasteiger partial charge in [-0.3, -0.25) is 0 Å². The third-order valence-electron chi connectivity index (χ3n) is 4.58. The summed E-state index contributed by atoms with van der Waals surface area (Å²) in [6.45, 7) is 1.06. The number of rotatable bonds is 1. The molecule has 0 bridgehead atoms. The van der Waals surface area contributed by atoms with Crippen molar-refractivity contribution >= 4 is 45.0 Å². The number of halogens is 2. The molecule has 23 heavy (non-hydrogen) atoms. The molecule has 0 aliphatic carbocycles. The van der Waals surface area contributed by atoms with E-state index < -0.39 is 11.8 Å². The highest BCUT2D eigenvalue weighted by molar-refractivity contribution is 6.33.